The second kappa shape index (κ2) is 12.0. The van der Waals surface area contributed by atoms with Crippen LogP contribution in [0, 0.1) is 6.92 Å². The van der Waals surface area contributed by atoms with Crippen LogP contribution >= 0.6 is 0 Å². The molecule has 0 bridgehead atoms. The quantitative estimate of drug-likeness (QED) is 0.525. The standard InChI is InChI=1S/C22H26N4O5/c1-16-8-10-18(11-9-16)25-19(27)14-26(2)20(28)15-31-21(29)13-24-22(30)23-12-17-6-4-3-5-7-17/h3-11H,12-15H2,1-2H3,(H,25,27)(H2,23,24,30). The van der Waals surface area contributed by atoms with E-state index < -0.39 is 24.5 Å². The number of urea groups is 1. The molecular weight excluding hydrogens is 400 g/mol. The summed E-state index contributed by atoms with van der Waals surface area (Å²) in [6.07, 6.45) is 0. The second-order valence-electron chi connectivity index (χ2n) is 6.85. The number of esters is 1. The number of hydrogen-bond donors (Lipinski definition) is 3. The van der Waals surface area contributed by atoms with Gasteiger partial charge in [0.05, 0.1) is 6.54 Å². The molecule has 2 aromatic carbocycles. The van der Waals surface area contributed by atoms with Crippen LogP contribution in [-0.4, -0.2) is 55.5 Å². The van der Waals surface area contributed by atoms with Gasteiger partial charge in [-0.15, -0.1) is 0 Å². The number of benzene rings is 2. The number of hydrogen-bond acceptors (Lipinski definition) is 5. The van der Waals surface area contributed by atoms with E-state index in [0.29, 0.717) is 12.2 Å². The Morgan fingerprint density at radius 2 is 1.61 bits per heavy atom. The first-order chi connectivity index (χ1) is 14.8. The van der Waals surface area contributed by atoms with E-state index in [1.165, 1.54) is 7.05 Å². The SMILES string of the molecule is Cc1ccc(NC(=O)CN(C)C(=O)COC(=O)CNC(=O)NCc2ccccc2)cc1. The molecule has 4 amide bonds. The first-order valence-corrected chi connectivity index (χ1v) is 9.65. The van der Waals surface area contributed by atoms with Gasteiger partial charge < -0.3 is 25.6 Å². The summed E-state index contributed by atoms with van der Waals surface area (Å²) in [5.41, 5.74) is 2.61. The molecule has 0 heterocycles. The van der Waals surface area contributed by atoms with Crippen LogP contribution < -0.4 is 16.0 Å². The lowest BCUT2D eigenvalue weighted by Gasteiger charge is -2.17. The van der Waals surface area contributed by atoms with Gasteiger partial charge in [-0.3, -0.25) is 14.4 Å². The Hall–Kier alpha value is -3.88. The lowest BCUT2D eigenvalue weighted by molar-refractivity contribution is -0.150. The smallest absolute Gasteiger partial charge is 0.325 e. The summed E-state index contributed by atoms with van der Waals surface area (Å²) < 4.78 is 4.85. The zero-order chi connectivity index (χ0) is 22.6. The molecule has 2 rings (SSSR count). The zero-order valence-electron chi connectivity index (χ0n) is 17.5. The van der Waals surface area contributed by atoms with Crippen molar-refractivity contribution in [1.29, 1.82) is 0 Å². The maximum atomic E-state index is 12.0. The van der Waals surface area contributed by atoms with Crippen LogP contribution in [0.25, 0.3) is 0 Å². The number of carbonyl (C=O) groups excluding carboxylic acids is 4. The molecule has 0 aromatic heterocycles. The molecule has 0 aliphatic carbocycles. The van der Waals surface area contributed by atoms with Crippen molar-refractivity contribution in [3.63, 3.8) is 0 Å². The van der Waals surface area contributed by atoms with Gasteiger partial charge in [-0.2, -0.15) is 0 Å². The van der Waals surface area contributed by atoms with Gasteiger partial charge in [0, 0.05) is 19.3 Å². The number of anilines is 1. The van der Waals surface area contributed by atoms with Crippen molar-refractivity contribution in [3.05, 3.63) is 65.7 Å². The van der Waals surface area contributed by atoms with Crippen LogP contribution in [0.4, 0.5) is 10.5 Å². The predicted molar refractivity (Wildman–Crippen MR) is 115 cm³/mol. The Labute approximate surface area is 180 Å². The number of amides is 4. The Morgan fingerprint density at radius 1 is 0.935 bits per heavy atom. The van der Waals surface area contributed by atoms with E-state index in [-0.39, 0.29) is 19.0 Å². The van der Waals surface area contributed by atoms with Crippen molar-refractivity contribution in [2.45, 2.75) is 13.5 Å². The number of rotatable bonds is 9. The fraction of sp³-hybridized carbons (Fsp3) is 0.273. The van der Waals surface area contributed by atoms with Gasteiger partial charge in [-0.1, -0.05) is 48.0 Å². The summed E-state index contributed by atoms with van der Waals surface area (Å²) in [4.78, 5) is 48.7. The van der Waals surface area contributed by atoms with Crippen molar-refractivity contribution >= 4 is 29.5 Å². The van der Waals surface area contributed by atoms with Gasteiger partial charge in [0.1, 0.15) is 6.54 Å². The van der Waals surface area contributed by atoms with Crippen LogP contribution in [0.1, 0.15) is 11.1 Å². The van der Waals surface area contributed by atoms with Crippen LogP contribution in [0.3, 0.4) is 0 Å². The molecule has 0 aliphatic rings. The largest absolute Gasteiger partial charge is 0.454 e. The van der Waals surface area contributed by atoms with E-state index in [0.717, 1.165) is 16.0 Å². The maximum Gasteiger partial charge on any atom is 0.325 e. The molecule has 0 saturated carbocycles. The van der Waals surface area contributed by atoms with Gasteiger partial charge in [0.15, 0.2) is 6.61 Å². The highest BCUT2D eigenvalue weighted by Crippen LogP contribution is 2.08. The normalized spacial score (nSPS) is 10.0. The Kier molecular flexibility index (Phi) is 9.03. The minimum absolute atomic E-state index is 0.190. The highest BCUT2D eigenvalue weighted by Gasteiger charge is 2.15. The lowest BCUT2D eigenvalue weighted by atomic mass is 10.2. The predicted octanol–water partition coefficient (Wildman–Crippen LogP) is 1.43. The monoisotopic (exact) mass is 426 g/mol. The van der Waals surface area contributed by atoms with Gasteiger partial charge in [0.25, 0.3) is 5.91 Å². The number of likely N-dealkylation sites (N-methyl/N-ethyl adjacent to an activating group) is 1. The number of carbonyl (C=O) groups is 4. The third-order valence-corrected chi connectivity index (χ3v) is 4.19. The van der Waals surface area contributed by atoms with Gasteiger partial charge >= 0.3 is 12.0 Å². The van der Waals surface area contributed by atoms with E-state index in [1.54, 1.807) is 12.1 Å². The van der Waals surface area contributed by atoms with Crippen LogP contribution in [0.15, 0.2) is 54.6 Å². The molecule has 0 spiro atoms. The van der Waals surface area contributed by atoms with E-state index in [9.17, 15) is 19.2 Å². The minimum Gasteiger partial charge on any atom is -0.454 e. The van der Waals surface area contributed by atoms with Crippen molar-refractivity contribution in [1.82, 2.24) is 15.5 Å². The highest BCUT2D eigenvalue weighted by atomic mass is 16.5. The summed E-state index contributed by atoms with van der Waals surface area (Å²) in [6, 6.07) is 16.0. The van der Waals surface area contributed by atoms with Crippen LogP contribution in [-0.2, 0) is 25.7 Å². The number of aryl methyl sites for hydroxylation is 1. The fourth-order valence-corrected chi connectivity index (χ4v) is 2.44. The van der Waals surface area contributed by atoms with E-state index in [1.807, 2.05) is 49.4 Å². The summed E-state index contributed by atoms with van der Waals surface area (Å²) >= 11 is 0. The van der Waals surface area contributed by atoms with Crippen molar-refractivity contribution in [2.24, 2.45) is 0 Å². The van der Waals surface area contributed by atoms with E-state index >= 15 is 0 Å². The summed E-state index contributed by atoms with van der Waals surface area (Å²) in [6.45, 7) is 1.15. The molecule has 9 heteroatoms. The van der Waals surface area contributed by atoms with Gasteiger partial charge in [-0.05, 0) is 24.6 Å². The molecule has 0 radical (unpaired) electrons. The van der Waals surface area contributed by atoms with Crippen LogP contribution in [0.5, 0.6) is 0 Å². The fourth-order valence-electron chi connectivity index (χ4n) is 2.44. The molecule has 9 nitrogen and oxygen atoms in total. The number of nitrogens with zero attached hydrogens (tertiary/aromatic N) is 1. The Bertz CT molecular complexity index is 900. The topological polar surface area (TPSA) is 117 Å². The second-order valence-corrected chi connectivity index (χ2v) is 6.85. The molecule has 0 atom stereocenters. The number of nitrogens with one attached hydrogen (secondary N) is 3. The Morgan fingerprint density at radius 3 is 2.29 bits per heavy atom. The van der Waals surface area contributed by atoms with Crippen molar-refractivity contribution in [3.8, 4) is 0 Å². The van der Waals surface area contributed by atoms with Crippen molar-refractivity contribution in [2.75, 3.05) is 32.1 Å². The molecule has 0 saturated heterocycles. The third-order valence-electron chi connectivity index (χ3n) is 4.19. The first kappa shape index (κ1) is 23.4. The molecule has 2 aromatic rings. The van der Waals surface area contributed by atoms with E-state index in [4.69, 9.17) is 4.74 Å². The molecule has 3 N–H and O–H groups in total. The van der Waals surface area contributed by atoms with Crippen LogP contribution in [0.2, 0.25) is 0 Å². The average Bonchev–Trinajstić information content (AvgIpc) is 2.76. The maximum absolute atomic E-state index is 12.0. The molecule has 0 fully saturated rings. The lowest BCUT2D eigenvalue weighted by Crippen LogP contribution is -2.40. The molecule has 0 aliphatic heterocycles. The van der Waals surface area contributed by atoms with Crippen molar-refractivity contribution < 1.29 is 23.9 Å². The van der Waals surface area contributed by atoms with Gasteiger partial charge in [0.2, 0.25) is 5.91 Å². The summed E-state index contributed by atoms with van der Waals surface area (Å²) in [5, 5.41) is 7.64. The Balaban J connectivity index is 1.62. The van der Waals surface area contributed by atoms with Gasteiger partial charge in [-0.25, -0.2) is 4.79 Å². The molecule has 0 unspecified atom stereocenters. The molecule has 164 valence electrons. The zero-order valence-corrected chi connectivity index (χ0v) is 17.5. The molecule has 31 heavy (non-hydrogen) atoms. The summed E-state index contributed by atoms with van der Waals surface area (Å²) in [7, 11) is 1.43. The third kappa shape index (κ3) is 8.99. The average molecular weight is 426 g/mol. The first-order valence-electron chi connectivity index (χ1n) is 9.65. The van der Waals surface area contributed by atoms with E-state index in [2.05, 4.69) is 16.0 Å². The minimum atomic E-state index is -0.763. The molecular formula is C22H26N4O5. The highest BCUT2D eigenvalue weighted by molar-refractivity contribution is 5.94. The number of ether oxygens (including phenoxy) is 1. The summed E-state index contributed by atoms with van der Waals surface area (Å²) in [5.74, 6) is -1.68.